The van der Waals surface area contributed by atoms with Crippen molar-refractivity contribution in [2.75, 3.05) is 51.2 Å². The highest BCUT2D eigenvalue weighted by atomic mass is 16.2. The van der Waals surface area contributed by atoms with Crippen LogP contribution in [0.4, 0.5) is 5.82 Å². The van der Waals surface area contributed by atoms with E-state index in [9.17, 15) is 4.79 Å². The zero-order valence-corrected chi connectivity index (χ0v) is 12.5. The molecule has 0 radical (unpaired) electrons. The van der Waals surface area contributed by atoms with Crippen LogP contribution in [0.1, 0.15) is 24.3 Å². The molecule has 110 valence electrons. The first-order valence-electron chi connectivity index (χ1n) is 7.22. The molecule has 6 nitrogen and oxygen atoms in total. The minimum absolute atomic E-state index is 0.0169. The monoisotopic (exact) mass is 277 g/mol. The molecule has 0 unspecified atom stereocenters. The predicted molar refractivity (Wildman–Crippen MR) is 79.0 cm³/mol. The van der Waals surface area contributed by atoms with Gasteiger partial charge >= 0.3 is 0 Å². The van der Waals surface area contributed by atoms with Gasteiger partial charge in [-0.25, -0.2) is 0 Å². The number of hydrogen-bond acceptors (Lipinski definition) is 5. The molecule has 1 aliphatic heterocycles. The number of nitrogens with zero attached hydrogens (tertiary/aromatic N) is 5. The molecule has 6 heteroatoms. The van der Waals surface area contributed by atoms with E-state index < -0.39 is 0 Å². The molecule has 1 aromatic rings. The maximum Gasteiger partial charge on any atom is 0.274 e. The Morgan fingerprint density at radius 2 is 1.80 bits per heavy atom. The fraction of sp³-hybridized carbons (Fsp3) is 0.643. The summed E-state index contributed by atoms with van der Waals surface area (Å²) in [6.45, 7) is 9.27. The molecule has 1 fully saturated rings. The van der Waals surface area contributed by atoms with Gasteiger partial charge in [-0.15, -0.1) is 10.2 Å². The molecule has 0 bridgehead atoms. The quantitative estimate of drug-likeness (QED) is 0.811. The number of likely N-dealkylation sites (N-methyl/N-ethyl adjacent to an activating group) is 1. The molecular weight excluding hydrogens is 254 g/mol. The fourth-order valence-electron chi connectivity index (χ4n) is 2.33. The molecule has 0 aliphatic carbocycles. The van der Waals surface area contributed by atoms with Gasteiger partial charge in [0.1, 0.15) is 0 Å². The first-order chi connectivity index (χ1) is 9.65. The summed E-state index contributed by atoms with van der Waals surface area (Å²) in [6, 6.07) is 3.66. The maximum absolute atomic E-state index is 12.3. The minimum Gasteiger partial charge on any atom is -0.356 e. The number of aromatic nitrogens is 2. The molecule has 2 rings (SSSR count). The smallest absolute Gasteiger partial charge is 0.274 e. The van der Waals surface area contributed by atoms with Crippen molar-refractivity contribution >= 4 is 11.7 Å². The summed E-state index contributed by atoms with van der Waals surface area (Å²) in [5.74, 6) is 0.807. The van der Waals surface area contributed by atoms with Gasteiger partial charge in [0.25, 0.3) is 5.91 Å². The molecule has 1 aromatic heterocycles. The van der Waals surface area contributed by atoms with Crippen LogP contribution in [0.15, 0.2) is 12.1 Å². The third-order valence-electron chi connectivity index (χ3n) is 3.75. The standard InChI is InChI=1S/C14H23N5O/c1-4-18(5-2)13-7-6-12(15-16-13)14(20)19-10-8-17(3)9-11-19/h6-7H,4-5,8-11H2,1-3H3. The van der Waals surface area contributed by atoms with E-state index in [2.05, 4.69) is 40.9 Å². The van der Waals surface area contributed by atoms with E-state index in [1.54, 1.807) is 6.07 Å². The van der Waals surface area contributed by atoms with Crippen molar-refractivity contribution in [1.82, 2.24) is 20.0 Å². The Kier molecular flexibility index (Phi) is 4.89. The van der Waals surface area contributed by atoms with Crippen LogP contribution in [0.5, 0.6) is 0 Å². The molecule has 1 amide bonds. The van der Waals surface area contributed by atoms with Gasteiger partial charge in [-0.1, -0.05) is 0 Å². The Hall–Kier alpha value is -1.69. The summed E-state index contributed by atoms with van der Waals surface area (Å²) in [5.41, 5.74) is 0.436. The third-order valence-corrected chi connectivity index (χ3v) is 3.75. The molecule has 0 saturated carbocycles. The second kappa shape index (κ2) is 6.65. The molecule has 2 heterocycles. The van der Waals surface area contributed by atoms with Gasteiger partial charge in [0, 0.05) is 39.3 Å². The van der Waals surface area contributed by atoms with Gasteiger partial charge in [0.15, 0.2) is 11.5 Å². The second-order valence-corrected chi connectivity index (χ2v) is 5.04. The third kappa shape index (κ3) is 3.25. The molecule has 20 heavy (non-hydrogen) atoms. The van der Waals surface area contributed by atoms with Crippen LogP contribution >= 0.6 is 0 Å². The molecule has 0 spiro atoms. The lowest BCUT2D eigenvalue weighted by atomic mass is 10.2. The van der Waals surface area contributed by atoms with Crippen molar-refractivity contribution in [2.45, 2.75) is 13.8 Å². The van der Waals surface area contributed by atoms with Crippen molar-refractivity contribution in [2.24, 2.45) is 0 Å². The van der Waals surface area contributed by atoms with Crippen LogP contribution in [-0.4, -0.2) is 72.2 Å². The van der Waals surface area contributed by atoms with Crippen molar-refractivity contribution in [3.63, 3.8) is 0 Å². The molecule has 0 atom stereocenters. The minimum atomic E-state index is -0.0169. The number of amides is 1. The van der Waals surface area contributed by atoms with Crippen molar-refractivity contribution in [3.05, 3.63) is 17.8 Å². The second-order valence-electron chi connectivity index (χ2n) is 5.04. The van der Waals surface area contributed by atoms with E-state index in [1.165, 1.54) is 0 Å². The zero-order valence-electron chi connectivity index (χ0n) is 12.5. The van der Waals surface area contributed by atoms with Gasteiger partial charge in [0.05, 0.1) is 0 Å². The van der Waals surface area contributed by atoms with Crippen LogP contribution in [0.3, 0.4) is 0 Å². The lowest BCUT2D eigenvalue weighted by Crippen LogP contribution is -2.47. The number of anilines is 1. The summed E-state index contributed by atoms with van der Waals surface area (Å²) < 4.78 is 0. The number of carbonyl (C=O) groups excluding carboxylic acids is 1. The fourth-order valence-corrected chi connectivity index (χ4v) is 2.33. The molecule has 0 N–H and O–H groups in total. The molecule has 1 saturated heterocycles. The zero-order chi connectivity index (χ0) is 14.5. The number of rotatable bonds is 4. The van der Waals surface area contributed by atoms with E-state index in [0.29, 0.717) is 5.69 Å². The maximum atomic E-state index is 12.3. The topological polar surface area (TPSA) is 52.6 Å². The Morgan fingerprint density at radius 1 is 1.15 bits per heavy atom. The average Bonchev–Trinajstić information content (AvgIpc) is 2.49. The highest BCUT2D eigenvalue weighted by Gasteiger charge is 2.21. The van der Waals surface area contributed by atoms with Gasteiger partial charge in [0.2, 0.25) is 0 Å². The highest BCUT2D eigenvalue weighted by molar-refractivity contribution is 5.92. The van der Waals surface area contributed by atoms with Gasteiger partial charge < -0.3 is 14.7 Å². The predicted octanol–water partition coefficient (Wildman–Crippen LogP) is 0.710. The van der Waals surface area contributed by atoms with Crippen molar-refractivity contribution < 1.29 is 4.79 Å². The SMILES string of the molecule is CCN(CC)c1ccc(C(=O)N2CCN(C)CC2)nn1. The van der Waals surface area contributed by atoms with Gasteiger partial charge in [-0.05, 0) is 33.0 Å². The Morgan fingerprint density at radius 3 is 2.30 bits per heavy atom. The van der Waals surface area contributed by atoms with Gasteiger partial charge in [-0.2, -0.15) is 0 Å². The largest absolute Gasteiger partial charge is 0.356 e. The van der Waals surface area contributed by atoms with Crippen molar-refractivity contribution in [1.29, 1.82) is 0 Å². The normalized spacial score (nSPS) is 16.2. The Balaban J connectivity index is 2.04. The van der Waals surface area contributed by atoms with E-state index in [1.807, 2.05) is 11.0 Å². The Labute approximate surface area is 120 Å². The van der Waals surface area contributed by atoms with Gasteiger partial charge in [-0.3, -0.25) is 4.79 Å². The van der Waals surface area contributed by atoms with Crippen LogP contribution in [0.2, 0.25) is 0 Å². The molecule has 0 aromatic carbocycles. The van der Waals surface area contributed by atoms with Crippen LogP contribution < -0.4 is 4.90 Å². The summed E-state index contributed by atoms with van der Waals surface area (Å²) in [5, 5.41) is 8.26. The molecule has 1 aliphatic rings. The molecular formula is C14H23N5O. The first kappa shape index (κ1) is 14.7. The lowest BCUT2D eigenvalue weighted by molar-refractivity contribution is 0.0657. The Bertz CT molecular complexity index is 435. The summed E-state index contributed by atoms with van der Waals surface area (Å²) in [7, 11) is 2.07. The number of hydrogen-bond donors (Lipinski definition) is 0. The van der Waals surface area contributed by atoms with E-state index in [-0.39, 0.29) is 5.91 Å². The van der Waals surface area contributed by atoms with E-state index >= 15 is 0 Å². The lowest BCUT2D eigenvalue weighted by Gasteiger charge is -2.32. The van der Waals surface area contributed by atoms with E-state index in [4.69, 9.17) is 0 Å². The number of piperazine rings is 1. The summed E-state index contributed by atoms with van der Waals surface area (Å²) in [4.78, 5) is 18.5. The first-order valence-corrected chi connectivity index (χ1v) is 7.22. The van der Waals surface area contributed by atoms with Crippen LogP contribution in [-0.2, 0) is 0 Å². The van der Waals surface area contributed by atoms with E-state index in [0.717, 1.165) is 45.1 Å². The van der Waals surface area contributed by atoms with Crippen LogP contribution in [0.25, 0.3) is 0 Å². The highest BCUT2D eigenvalue weighted by Crippen LogP contribution is 2.11. The summed E-state index contributed by atoms with van der Waals surface area (Å²) in [6.07, 6.45) is 0. The van der Waals surface area contributed by atoms with Crippen LogP contribution in [0, 0.1) is 0 Å². The van der Waals surface area contributed by atoms with Crippen molar-refractivity contribution in [3.8, 4) is 0 Å². The average molecular weight is 277 g/mol. The summed E-state index contributed by atoms with van der Waals surface area (Å²) >= 11 is 0. The number of carbonyl (C=O) groups is 1.